The van der Waals surface area contributed by atoms with Crippen molar-refractivity contribution < 1.29 is 0 Å². The number of halogens is 1. The van der Waals surface area contributed by atoms with Gasteiger partial charge in [-0.3, -0.25) is 0 Å². The first kappa shape index (κ1) is 7.54. The van der Waals surface area contributed by atoms with E-state index in [1.54, 1.807) is 4.52 Å². The van der Waals surface area contributed by atoms with E-state index in [-0.39, 0.29) is 0 Å². The predicted molar refractivity (Wildman–Crippen MR) is 49.8 cm³/mol. The van der Waals surface area contributed by atoms with Gasteiger partial charge < -0.3 is 5.73 Å². The number of aryl methyl sites for hydroxylation is 1. The Bertz CT molecular complexity index is 434. The van der Waals surface area contributed by atoms with Crippen LogP contribution < -0.4 is 5.73 Å². The second-order valence-corrected chi connectivity index (χ2v) is 3.39. The summed E-state index contributed by atoms with van der Waals surface area (Å²) >= 11 is 3.39. The minimum atomic E-state index is 0.491. The van der Waals surface area contributed by atoms with Crippen molar-refractivity contribution in [3.63, 3.8) is 0 Å². The van der Waals surface area contributed by atoms with Crippen molar-refractivity contribution in [1.29, 1.82) is 0 Å². The van der Waals surface area contributed by atoms with E-state index in [9.17, 15) is 0 Å². The first-order chi connectivity index (χ1) is 5.70. The van der Waals surface area contributed by atoms with Crippen molar-refractivity contribution in [2.45, 2.75) is 6.92 Å². The van der Waals surface area contributed by atoms with Crippen molar-refractivity contribution in [2.75, 3.05) is 5.73 Å². The lowest BCUT2D eigenvalue weighted by Crippen LogP contribution is -1.99. The molecule has 2 N–H and O–H groups in total. The van der Waals surface area contributed by atoms with Crippen LogP contribution in [0.5, 0.6) is 0 Å². The Balaban J connectivity index is 2.99. The fourth-order valence-corrected chi connectivity index (χ4v) is 1.87. The van der Waals surface area contributed by atoms with Gasteiger partial charge in [0, 0.05) is 10.2 Å². The molecule has 2 aromatic heterocycles. The van der Waals surface area contributed by atoms with Gasteiger partial charge in [0.25, 0.3) is 0 Å². The summed E-state index contributed by atoms with van der Waals surface area (Å²) in [4.78, 5) is 3.90. The van der Waals surface area contributed by atoms with Gasteiger partial charge in [0.1, 0.15) is 11.8 Å². The monoisotopic (exact) mass is 226 g/mol. The Kier molecular flexibility index (Phi) is 1.54. The van der Waals surface area contributed by atoms with Crippen molar-refractivity contribution in [3.05, 3.63) is 22.6 Å². The molecule has 0 spiro atoms. The van der Waals surface area contributed by atoms with E-state index in [1.165, 1.54) is 6.33 Å². The lowest BCUT2D eigenvalue weighted by atomic mass is 10.5. The fraction of sp³-hybridized carbons (Fsp3) is 0.143. The Morgan fingerprint density at radius 2 is 2.33 bits per heavy atom. The molecule has 5 heteroatoms. The van der Waals surface area contributed by atoms with Crippen LogP contribution in [0.15, 0.2) is 16.9 Å². The summed E-state index contributed by atoms with van der Waals surface area (Å²) in [6, 6.07) is 1.96. The van der Waals surface area contributed by atoms with Gasteiger partial charge in [-0.05, 0) is 28.9 Å². The molecule has 2 rings (SSSR count). The third-order valence-electron chi connectivity index (χ3n) is 1.71. The number of fused-ring (bicyclic) bond motifs is 1. The van der Waals surface area contributed by atoms with Crippen LogP contribution in [0.4, 0.5) is 5.82 Å². The molecule has 0 aliphatic carbocycles. The van der Waals surface area contributed by atoms with Crippen LogP contribution in [-0.4, -0.2) is 14.6 Å². The van der Waals surface area contributed by atoms with Gasteiger partial charge >= 0.3 is 0 Å². The van der Waals surface area contributed by atoms with Crippen LogP contribution in [0.25, 0.3) is 5.52 Å². The predicted octanol–water partition coefficient (Wildman–Crippen LogP) is 1.38. The van der Waals surface area contributed by atoms with E-state index in [1.807, 2.05) is 13.0 Å². The maximum Gasteiger partial charge on any atom is 0.152 e. The van der Waals surface area contributed by atoms with Gasteiger partial charge in [-0.2, -0.15) is 5.10 Å². The van der Waals surface area contributed by atoms with Gasteiger partial charge in [0.05, 0.1) is 0 Å². The lowest BCUT2D eigenvalue weighted by molar-refractivity contribution is 0.875. The van der Waals surface area contributed by atoms with E-state index < -0.39 is 0 Å². The number of rotatable bonds is 0. The molecule has 0 amide bonds. The smallest absolute Gasteiger partial charge is 0.152 e. The average Bonchev–Trinajstić information content (AvgIpc) is 2.29. The second kappa shape index (κ2) is 2.45. The van der Waals surface area contributed by atoms with Crippen molar-refractivity contribution >= 4 is 27.3 Å². The zero-order chi connectivity index (χ0) is 8.72. The number of nitrogen functional groups attached to an aromatic ring is 1. The van der Waals surface area contributed by atoms with Crippen LogP contribution in [-0.2, 0) is 0 Å². The van der Waals surface area contributed by atoms with E-state index in [2.05, 4.69) is 26.0 Å². The molecule has 0 saturated carbocycles. The number of anilines is 1. The first-order valence-corrected chi connectivity index (χ1v) is 4.24. The van der Waals surface area contributed by atoms with Gasteiger partial charge in [-0.15, -0.1) is 0 Å². The molecule has 62 valence electrons. The highest BCUT2D eigenvalue weighted by molar-refractivity contribution is 9.10. The van der Waals surface area contributed by atoms with Crippen molar-refractivity contribution in [2.24, 2.45) is 0 Å². The Morgan fingerprint density at radius 3 is 3.00 bits per heavy atom. The zero-order valence-corrected chi connectivity index (χ0v) is 8.04. The average molecular weight is 227 g/mol. The highest BCUT2D eigenvalue weighted by Gasteiger charge is 2.07. The molecule has 0 saturated heterocycles. The summed E-state index contributed by atoms with van der Waals surface area (Å²) in [5, 5.41) is 4.06. The number of nitrogens with zero attached hydrogens (tertiary/aromatic N) is 3. The van der Waals surface area contributed by atoms with Gasteiger partial charge in [0.15, 0.2) is 5.82 Å². The SMILES string of the molecule is Cc1cc(Br)c2c(N)ncnn12. The molecule has 0 bridgehead atoms. The van der Waals surface area contributed by atoms with Gasteiger partial charge in [0.2, 0.25) is 0 Å². The zero-order valence-electron chi connectivity index (χ0n) is 6.45. The minimum Gasteiger partial charge on any atom is -0.382 e. The Morgan fingerprint density at radius 1 is 1.58 bits per heavy atom. The molecular formula is C7H7BrN4. The van der Waals surface area contributed by atoms with Crippen LogP contribution in [0, 0.1) is 6.92 Å². The maximum atomic E-state index is 5.67. The largest absolute Gasteiger partial charge is 0.382 e. The molecule has 4 nitrogen and oxygen atoms in total. The summed E-state index contributed by atoms with van der Waals surface area (Å²) in [6.07, 6.45) is 1.45. The van der Waals surface area contributed by atoms with Gasteiger partial charge in [-0.25, -0.2) is 9.50 Å². The molecule has 12 heavy (non-hydrogen) atoms. The molecule has 0 aliphatic heterocycles. The number of hydrogen-bond acceptors (Lipinski definition) is 3. The van der Waals surface area contributed by atoms with Crippen LogP contribution in [0.2, 0.25) is 0 Å². The van der Waals surface area contributed by atoms with Gasteiger partial charge in [-0.1, -0.05) is 0 Å². The summed E-state index contributed by atoms with van der Waals surface area (Å²) in [5.74, 6) is 0.491. The molecular weight excluding hydrogens is 220 g/mol. The number of nitrogens with two attached hydrogens (primary N) is 1. The first-order valence-electron chi connectivity index (χ1n) is 3.44. The highest BCUT2D eigenvalue weighted by Crippen LogP contribution is 2.24. The number of aromatic nitrogens is 3. The molecule has 2 heterocycles. The second-order valence-electron chi connectivity index (χ2n) is 2.54. The minimum absolute atomic E-state index is 0.491. The van der Waals surface area contributed by atoms with E-state index in [0.717, 1.165) is 15.7 Å². The lowest BCUT2D eigenvalue weighted by Gasteiger charge is -1.97. The normalized spacial score (nSPS) is 10.8. The molecule has 0 atom stereocenters. The van der Waals surface area contributed by atoms with E-state index in [4.69, 9.17) is 5.73 Å². The topological polar surface area (TPSA) is 56.2 Å². The molecule has 0 aliphatic rings. The van der Waals surface area contributed by atoms with Crippen LogP contribution in [0.3, 0.4) is 0 Å². The standard InChI is InChI=1S/C7H7BrN4/c1-4-2-5(8)6-7(9)10-3-11-12(4)6/h2-3H,1H3,(H2,9,10,11). The number of hydrogen-bond donors (Lipinski definition) is 1. The van der Waals surface area contributed by atoms with Crippen molar-refractivity contribution in [1.82, 2.24) is 14.6 Å². The molecule has 0 aromatic carbocycles. The van der Waals surface area contributed by atoms with Crippen molar-refractivity contribution in [3.8, 4) is 0 Å². The highest BCUT2D eigenvalue weighted by atomic mass is 79.9. The quantitative estimate of drug-likeness (QED) is 0.739. The van der Waals surface area contributed by atoms with E-state index >= 15 is 0 Å². The van der Waals surface area contributed by atoms with Crippen LogP contribution >= 0.6 is 15.9 Å². The van der Waals surface area contributed by atoms with E-state index in [0.29, 0.717) is 5.82 Å². The summed E-state index contributed by atoms with van der Waals surface area (Å²) < 4.78 is 2.69. The fourth-order valence-electron chi connectivity index (χ4n) is 1.17. The van der Waals surface area contributed by atoms with Crippen LogP contribution in [0.1, 0.15) is 5.69 Å². The maximum absolute atomic E-state index is 5.67. The third-order valence-corrected chi connectivity index (χ3v) is 2.32. The molecule has 0 fully saturated rings. The summed E-state index contributed by atoms with van der Waals surface area (Å²) in [5.41, 5.74) is 7.53. The third kappa shape index (κ3) is 0.896. The Labute approximate surface area is 77.5 Å². The molecule has 2 aromatic rings. The molecule has 0 unspecified atom stereocenters. The summed E-state index contributed by atoms with van der Waals surface area (Å²) in [7, 11) is 0. The summed E-state index contributed by atoms with van der Waals surface area (Å²) in [6.45, 7) is 1.96. The Hall–Kier alpha value is -1.10. The molecule has 0 radical (unpaired) electrons.